The lowest BCUT2D eigenvalue weighted by Crippen LogP contribution is -2.17. The fourth-order valence-corrected chi connectivity index (χ4v) is 1.17. The molecule has 0 aliphatic carbocycles. The van der Waals surface area contributed by atoms with Crippen LogP contribution in [0.15, 0.2) is 24.3 Å². The summed E-state index contributed by atoms with van der Waals surface area (Å²) >= 11 is 16.3. The van der Waals surface area contributed by atoms with Crippen molar-refractivity contribution in [2.45, 2.75) is 10.7 Å². The van der Waals surface area contributed by atoms with Gasteiger partial charge in [0.15, 0.2) is 0 Å². The highest BCUT2D eigenvalue weighted by Crippen LogP contribution is 2.26. The van der Waals surface area contributed by atoms with Gasteiger partial charge in [-0.25, -0.2) is 4.79 Å². The van der Waals surface area contributed by atoms with Crippen LogP contribution in [0.5, 0.6) is 0 Å². The smallest absolute Gasteiger partial charge is 0.338 e. The molecule has 15 heavy (non-hydrogen) atoms. The molecule has 0 heterocycles. The van der Waals surface area contributed by atoms with Gasteiger partial charge in [0.1, 0.15) is 6.61 Å². The van der Waals surface area contributed by atoms with Crippen molar-refractivity contribution in [3.05, 3.63) is 35.4 Å². The van der Waals surface area contributed by atoms with Crippen LogP contribution in [-0.4, -0.2) is 16.4 Å². The van der Waals surface area contributed by atoms with Gasteiger partial charge in [0.25, 0.3) is 0 Å². The van der Waals surface area contributed by atoms with E-state index in [4.69, 9.17) is 39.5 Å². The Kier molecular flexibility index (Phi) is 4.26. The second-order valence-electron chi connectivity index (χ2n) is 3.06. The Bertz CT molecular complexity index is 358. The van der Waals surface area contributed by atoms with Crippen molar-refractivity contribution in [3.63, 3.8) is 0 Å². The average Bonchev–Trinajstić information content (AvgIpc) is 2.13. The molecule has 0 radical (unpaired) electrons. The quantitative estimate of drug-likeness (QED) is 0.605. The number of esters is 1. The number of rotatable bonds is 2. The molecule has 0 atom stereocenters. The first-order chi connectivity index (χ1) is 6.88. The van der Waals surface area contributed by atoms with Gasteiger partial charge < -0.3 is 4.74 Å². The highest BCUT2D eigenvalue weighted by molar-refractivity contribution is 6.67. The molecule has 1 rings (SSSR count). The average molecular weight is 268 g/mol. The maximum Gasteiger partial charge on any atom is 0.338 e. The molecule has 0 unspecified atom stereocenters. The maximum absolute atomic E-state index is 11.4. The molecule has 1 aromatic carbocycles. The predicted molar refractivity (Wildman–Crippen MR) is 61.8 cm³/mol. The molecule has 0 N–H and O–H groups in total. The van der Waals surface area contributed by atoms with Gasteiger partial charge in [0.2, 0.25) is 3.79 Å². The Balaban J connectivity index is 2.62. The van der Waals surface area contributed by atoms with Crippen LogP contribution in [-0.2, 0) is 4.74 Å². The van der Waals surface area contributed by atoms with E-state index >= 15 is 0 Å². The molecule has 82 valence electrons. The van der Waals surface area contributed by atoms with Gasteiger partial charge in [0.05, 0.1) is 5.56 Å². The lowest BCUT2D eigenvalue weighted by Gasteiger charge is -2.11. The number of carbonyl (C=O) groups excluding carboxylic acids is 1. The van der Waals surface area contributed by atoms with Gasteiger partial charge in [-0.15, -0.1) is 0 Å². The Hall–Kier alpha value is -0.440. The summed E-state index contributed by atoms with van der Waals surface area (Å²) in [5.74, 6) is -0.495. The standard InChI is InChI=1S/C10H9Cl3O2/c1-7-3-2-4-8(5-7)9(14)15-6-10(11,12)13/h2-5H,6H2,1H3. The first-order valence-electron chi connectivity index (χ1n) is 4.19. The zero-order valence-corrected chi connectivity index (χ0v) is 10.2. The number of hydrogen-bond acceptors (Lipinski definition) is 2. The molecule has 0 aliphatic heterocycles. The van der Waals surface area contributed by atoms with Crippen LogP contribution >= 0.6 is 34.8 Å². The Morgan fingerprint density at radius 2 is 2.07 bits per heavy atom. The lowest BCUT2D eigenvalue weighted by atomic mass is 10.1. The number of ether oxygens (including phenoxy) is 1. The fourth-order valence-electron chi connectivity index (χ4n) is 1.00. The van der Waals surface area contributed by atoms with Crippen LogP contribution in [0.1, 0.15) is 15.9 Å². The third kappa shape index (κ3) is 4.74. The van der Waals surface area contributed by atoms with Gasteiger partial charge in [-0.2, -0.15) is 0 Å². The third-order valence-electron chi connectivity index (χ3n) is 1.62. The topological polar surface area (TPSA) is 26.3 Å². The monoisotopic (exact) mass is 266 g/mol. The van der Waals surface area contributed by atoms with E-state index in [1.54, 1.807) is 18.2 Å². The molecule has 0 saturated heterocycles. The lowest BCUT2D eigenvalue weighted by molar-refractivity contribution is 0.0512. The largest absolute Gasteiger partial charge is 0.458 e. The number of alkyl halides is 3. The predicted octanol–water partition coefficient (Wildman–Crippen LogP) is 3.52. The van der Waals surface area contributed by atoms with E-state index in [0.717, 1.165) is 5.56 Å². The van der Waals surface area contributed by atoms with Crippen molar-refractivity contribution in [1.29, 1.82) is 0 Å². The Morgan fingerprint density at radius 3 is 2.60 bits per heavy atom. The molecular formula is C10H9Cl3O2. The van der Waals surface area contributed by atoms with E-state index in [9.17, 15) is 4.79 Å². The van der Waals surface area contributed by atoms with Crippen molar-refractivity contribution in [3.8, 4) is 0 Å². The minimum absolute atomic E-state index is 0.259. The minimum atomic E-state index is -1.57. The molecule has 1 aromatic rings. The molecule has 0 spiro atoms. The van der Waals surface area contributed by atoms with Crippen LogP contribution in [0.4, 0.5) is 0 Å². The van der Waals surface area contributed by atoms with Crippen LogP contribution in [0.2, 0.25) is 0 Å². The van der Waals surface area contributed by atoms with E-state index in [0.29, 0.717) is 5.56 Å². The summed E-state index contributed by atoms with van der Waals surface area (Å²) in [5, 5.41) is 0. The van der Waals surface area contributed by atoms with Crippen LogP contribution < -0.4 is 0 Å². The normalized spacial score (nSPS) is 11.2. The number of halogens is 3. The first kappa shape index (κ1) is 12.6. The molecule has 0 aliphatic rings. The minimum Gasteiger partial charge on any atom is -0.458 e. The molecule has 2 nitrogen and oxygen atoms in total. The number of aryl methyl sites for hydroxylation is 1. The molecular weight excluding hydrogens is 258 g/mol. The number of carbonyl (C=O) groups is 1. The van der Waals surface area contributed by atoms with Crippen molar-refractivity contribution >= 4 is 40.8 Å². The van der Waals surface area contributed by atoms with Gasteiger partial charge >= 0.3 is 5.97 Å². The SMILES string of the molecule is Cc1cccc(C(=O)OCC(Cl)(Cl)Cl)c1. The summed E-state index contributed by atoms with van der Waals surface area (Å²) < 4.78 is 3.24. The van der Waals surface area contributed by atoms with E-state index in [2.05, 4.69) is 0 Å². The Morgan fingerprint density at radius 1 is 1.40 bits per heavy atom. The van der Waals surface area contributed by atoms with Crippen LogP contribution in [0.25, 0.3) is 0 Å². The maximum atomic E-state index is 11.4. The summed E-state index contributed by atoms with van der Waals surface area (Å²) in [6.07, 6.45) is 0. The van der Waals surface area contributed by atoms with Crippen molar-refractivity contribution < 1.29 is 9.53 Å². The van der Waals surface area contributed by atoms with E-state index in [1.165, 1.54) is 0 Å². The number of benzene rings is 1. The van der Waals surface area contributed by atoms with Crippen molar-refractivity contribution in [2.24, 2.45) is 0 Å². The molecule has 5 heteroatoms. The van der Waals surface area contributed by atoms with Gasteiger partial charge in [0, 0.05) is 0 Å². The highest BCUT2D eigenvalue weighted by Gasteiger charge is 2.22. The first-order valence-corrected chi connectivity index (χ1v) is 5.32. The Labute approximate surface area is 103 Å². The van der Waals surface area contributed by atoms with E-state index < -0.39 is 9.76 Å². The van der Waals surface area contributed by atoms with Gasteiger partial charge in [-0.05, 0) is 19.1 Å². The summed E-state index contributed by atoms with van der Waals surface area (Å²) in [6, 6.07) is 7.00. The van der Waals surface area contributed by atoms with Crippen molar-refractivity contribution in [2.75, 3.05) is 6.61 Å². The molecule has 0 fully saturated rings. The van der Waals surface area contributed by atoms with Crippen LogP contribution in [0, 0.1) is 6.92 Å². The van der Waals surface area contributed by atoms with Crippen molar-refractivity contribution in [1.82, 2.24) is 0 Å². The molecule has 0 aromatic heterocycles. The molecule has 0 saturated carbocycles. The zero-order valence-electron chi connectivity index (χ0n) is 7.97. The van der Waals surface area contributed by atoms with Gasteiger partial charge in [-0.1, -0.05) is 52.5 Å². The summed E-state index contributed by atoms with van der Waals surface area (Å²) in [7, 11) is 0. The van der Waals surface area contributed by atoms with E-state index in [1.807, 2.05) is 13.0 Å². The highest BCUT2D eigenvalue weighted by atomic mass is 35.6. The van der Waals surface area contributed by atoms with E-state index in [-0.39, 0.29) is 6.61 Å². The second kappa shape index (κ2) is 5.06. The number of hydrogen-bond donors (Lipinski definition) is 0. The zero-order chi connectivity index (χ0) is 11.5. The molecule has 0 amide bonds. The third-order valence-corrected chi connectivity index (χ3v) is 1.95. The second-order valence-corrected chi connectivity index (χ2v) is 5.58. The fraction of sp³-hybridized carbons (Fsp3) is 0.300. The molecule has 0 bridgehead atoms. The summed E-state index contributed by atoms with van der Waals surface area (Å²) in [6.45, 7) is 1.62. The van der Waals surface area contributed by atoms with Crippen LogP contribution in [0.3, 0.4) is 0 Å². The van der Waals surface area contributed by atoms with Gasteiger partial charge in [-0.3, -0.25) is 0 Å². The summed E-state index contributed by atoms with van der Waals surface area (Å²) in [4.78, 5) is 11.4. The summed E-state index contributed by atoms with van der Waals surface area (Å²) in [5.41, 5.74) is 1.42.